The van der Waals surface area contributed by atoms with Crippen LogP contribution in [-0.2, 0) is 21.7 Å². The van der Waals surface area contributed by atoms with E-state index in [1.54, 1.807) is 6.07 Å². The Labute approximate surface area is 202 Å². The zero-order valence-electron chi connectivity index (χ0n) is 16.6. The molecular formula is C20H19Cl4F3N2O3. The molecule has 0 aliphatic rings. The van der Waals surface area contributed by atoms with Crippen LogP contribution in [0, 0.1) is 0 Å². The lowest BCUT2D eigenvalue weighted by Crippen LogP contribution is -2.47. The number of ether oxygens (including phenoxy) is 1. The highest BCUT2D eigenvalue weighted by molar-refractivity contribution is 6.48. The Morgan fingerprint density at radius 1 is 1.06 bits per heavy atom. The molecule has 2 aromatic rings. The molecule has 2 rings (SSSR count). The lowest BCUT2D eigenvalue weighted by molar-refractivity contribution is -0.260. The van der Waals surface area contributed by atoms with Crippen molar-refractivity contribution in [2.24, 2.45) is 0 Å². The summed E-state index contributed by atoms with van der Waals surface area (Å²) in [6.45, 7) is -0.543. The Kier molecular flexibility index (Phi) is 9.34. The van der Waals surface area contributed by atoms with Crippen molar-refractivity contribution >= 4 is 58.0 Å². The standard InChI is InChI=1S/C20H19Cl4F3N2O3/c1-32-5-4-17(30)28-9-11-2-3-13(8-14(11)21)29-10-19(31,20(25,26)27)12-6-15(22)18(24)16(23)7-12/h2-3,6-8,29,31H,4-5,9-10H2,1H3,(H,28,30)/t19-/m0/s1. The molecule has 0 bridgehead atoms. The summed E-state index contributed by atoms with van der Waals surface area (Å²) in [5.41, 5.74) is -3.10. The first kappa shape index (κ1) is 26.8. The molecule has 0 unspecified atom stereocenters. The van der Waals surface area contributed by atoms with Crippen molar-refractivity contribution < 1.29 is 27.8 Å². The van der Waals surface area contributed by atoms with Crippen LogP contribution in [0.1, 0.15) is 17.5 Å². The van der Waals surface area contributed by atoms with Gasteiger partial charge in [-0.05, 0) is 35.4 Å². The molecule has 32 heavy (non-hydrogen) atoms. The lowest BCUT2D eigenvalue weighted by atomic mass is 9.92. The van der Waals surface area contributed by atoms with Crippen LogP contribution in [0.25, 0.3) is 0 Å². The summed E-state index contributed by atoms with van der Waals surface area (Å²) in [4.78, 5) is 11.7. The molecule has 0 fully saturated rings. The third kappa shape index (κ3) is 6.56. The fraction of sp³-hybridized carbons (Fsp3) is 0.350. The summed E-state index contributed by atoms with van der Waals surface area (Å²) in [5, 5.41) is 15.4. The van der Waals surface area contributed by atoms with Gasteiger partial charge in [0.1, 0.15) is 0 Å². The van der Waals surface area contributed by atoms with Gasteiger partial charge in [0.05, 0.1) is 28.2 Å². The minimum absolute atomic E-state index is 0.119. The largest absolute Gasteiger partial charge is 0.423 e. The highest BCUT2D eigenvalue weighted by Gasteiger charge is 2.55. The molecule has 0 aromatic heterocycles. The Morgan fingerprint density at radius 3 is 2.22 bits per heavy atom. The number of aliphatic hydroxyl groups is 1. The number of carbonyl (C=O) groups is 1. The van der Waals surface area contributed by atoms with Crippen LogP contribution in [0.2, 0.25) is 20.1 Å². The Morgan fingerprint density at radius 2 is 1.69 bits per heavy atom. The maximum Gasteiger partial charge on any atom is 0.423 e. The van der Waals surface area contributed by atoms with Gasteiger partial charge in [0.15, 0.2) is 0 Å². The van der Waals surface area contributed by atoms with Gasteiger partial charge in [-0.2, -0.15) is 13.2 Å². The first-order valence-electron chi connectivity index (χ1n) is 9.11. The van der Waals surface area contributed by atoms with Gasteiger partial charge in [-0.1, -0.05) is 52.5 Å². The van der Waals surface area contributed by atoms with Crippen LogP contribution in [-0.4, -0.2) is 37.5 Å². The fourth-order valence-corrected chi connectivity index (χ4v) is 3.51. The van der Waals surface area contributed by atoms with E-state index in [1.165, 1.54) is 19.2 Å². The summed E-state index contributed by atoms with van der Waals surface area (Å²) in [7, 11) is 1.48. The summed E-state index contributed by atoms with van der Waals surface area (Å²) >= 11 is 23.7. The van der Waals surface area contributed by atoms with Crippen LogP contribution in [0.5, 0.6) is 0 Å². The smallest absolute Gasteiger partial charge is 0.384 e. The monoisotopic (exact) mass is 532 g/mol. The van der Waals surface area contributed by atoms with Gasteiger partial charge in [0, 0.05) is 30.8 Å². The van der Waals surface area contributed by atoms with Crippen molar-refractivity contribution in [3.05, 3.63) is 61.5 Å². The second-order valence-electron chi connectivity index (χ2n) is 6.79. The van der Waals surface area contributed by atoms with Crippen molar-refractivity contribution in [1.29, 1.82) is 0 Å². The molecule has 0 aliphatic heterocycles. The SMILES string of the molecule is COCCC(=O)NCc1ccc(NC[C@](O)(c2cc(Cl)c(Cl)c(Cl)c2)C(F)(F)F)cc1Cl. The number of hydrogen-bond acceptors (Lipinski definition) is 4. The van der Waals surface area contributed by atoms with Crippen molar-refractivity contribution in [3.63, 3.8) is 0 Å². The Bertz CT molecular complexity index is 953. The average Bonchev–Trinajstić information content (AvgIpc) is 2.72. The number of benzene rings is 2. The van der Waals surface area contributed by atoms with Crippen LogP contribution >= 0.6 is 46.4 Å². The molecule has 0 saturated carbocycles. The number of nitrogens with one attached hydrogen (secondary N) is 2. The van der Waals surface area contributed by atoms with Gasteiger partial charge in [-0.3, -0.25) is 4.79 Å². The van der Waals surface area contributed by atoms with Gasteiger partial charge in [0.2, 0.25) is 11.5 Å². The second kappa shape index (κ2) is 11.1. The molecule has 0 spiro atoms. The molecule has 1 amide bonds. The van der Waals surface area contributed by atoms with Crippen molar-refractivity contribution in [2.75, 3.05) is 25.6 Å². The van der Waals surface area contributed by atoms with E-state index in [1.807, 2.05) is 0 Å². The highest BCUT2D eigenvalue weighted by atomic mass is 35.5. The van der Waals surface area contributed by atoms with Gasteiger partial charge >= 0.3 is 6.18 Å². The predicted molar refractivity (Wildman–Crippen MR) is 120 cm³/mol. The first-order chi connectivity index (χ1) is 14.9. The molecule has 3 N–H and O–H groups in total. The number of carbonyl (C=O) groups excluding carboxylic acids is 1. The highest BCUT2D eigenvalue weighted by Crippen LogP contribution is 2.43. The Hall–Kier alpha value is -1.42. The van der Waals surface area contributed by atoms with Gasteiger partial charge in [-0.15, -0.1) is 0 Å². The first-order valence-corrected chi connectivity index (χ1v) is 10.6. The summed E-state index contributed by atoms with van der Waals surface area (Å²) in [6, 6.07) is 6.22. The molecule has 1 atom stereocenters. The third-order valence-electron chi connectivity index (χ3n) is 4.54. The molecule has 5 nitrogen and oxygen atoms in total. The number of hydrogen-bond donors (Lipinski definition) is 3. The minimum Gasteiger partial charge on any atom is -0.384 e. The molecule has 176 valence electrons. The quantitative estimate of drug-likeness (QED) is 0.355. The minimum atomic E-state index is -5.06. The van der Waals surface area contributed by atoms with E-state index in [-0.39, 0.29) is 51.3 Å². The second-order valence-corrected chi connectivity index (χ2v) is 8.39. The molecule has 12 heteroatoms. The van der Waals surface area contributed by atoms with Crippen molar-refractivity contribution in [2.45, 2.75) is 24.7 Å². The van der Waals surface area contributed by atoms with E-state index in [0.717, 1.165) is 12.1 Å². The van der Waals surface area contributed by atoms with Gasteiger partial charge in [0.25, 0.3) is 0 Å². The number of methoxy groups -OCH3 is 1. The summed E-state index contributed by atoms with van der Waals surface area (Å²) in [6.07, 6.45) is -4.88. The van der Waals surface area contributed by atoms with E-state index >= 15 is 0 Å². The van der Waals surface area contributed by atoms with Crippen molar-refractivity contribution in [1.82, 2.24) is 5.32 Å². The summed E-state index contributed by atoms with van der Waals surface area (Å²) < 4.78 is 46.2. The summed E-state index contributed by atoms with van der Waals surface area (Å²) in [5.74, 6) is -0.236. The topological polar surface area (TPSA) is 70.6 Å². The average molecular weight is 534 g/mol. The molecule has 0 radical (unpaired) electrons. The van der Waals surface area contributed by atoms with Crippen LogP contribution < -0.4 is 10.6 Å². The number of rotatable bonds is 9. The fourth-order valence-electron chi connectivity index (χ4n) is 2.67. The van der Waals surface area contributed by atoms with E-state index < -0.39 is 23.9 Å². The van der Waals surface area contributed by atoms with E-state index in [9.17, 15) is 23.1 Å². The molecule has 2 aromatic carbocycles. The molecule has 0 saturated heterocycles. The van der Waals surface area contributed by atoms with E-state index in [0.29, 0.717) is 5.56 Å². The van der Waals surface area contributed by atoms with Gasteiger partial charge < -0.3 is 20.5 Å². The van der Waals surface area contributed by atoms with Crippen LogP contribution in [0.15, 0.2) is 30.3 Å². The van der Waals surface area contributed by atoms with Crippen LogP contribution in [0.3, 0.4) is 0 Å². The third-order valence-corrected chi connectivity index (χ3v) is 6.09. The number of amides is 1. The normalized spacial score (nSPS) is 13.5. The molecule has 0 aliphatic carbocycles. The molecular weight excluding hydrogens is 515 g/mol. The maximum atomic E-state index is 13.8. The Balaban J connectivity index is 2.17. The predicted octanol–water partition coefficient (Wildman–Crippen LogP) is 5.81. The lowest BCUT2D eigenvalue weighted by Gasteiger charge is -2.32. The number of halogens is 7. The van der Waals surface area contributed by atoms with Crippen molar-refractivity contribution in [3.8, 4) is 0 Å². The van der Waals surface area contributed by atoms with Gasteiger partial charge in [-0.25, -0.2) is 0 Å². The van der Waals surface area contributed by atoms with E-state index in [2.05, 4.69) is 10.6 Å². The zero-order chi connectivity index (χ0) is 24.1. The number of anilines is 1. The maximum absolute atomic E-state index is 13.8. The zero-order valence-corrected chi connectivity index (χ0v) is 19.6. The van der Waals surface area contributed by atoms with E-state index in [4.69, 9.17) is 51.1 Å². The number of alkyl halides is 3. The van der Waals surface area contributed by atoms with Crippen LogP contribution in [0.4, 0.5) is 18.9 Å². The molecule has 0 heterocycles.